The van der Waals surface area contributed by atoms with E-state index in [-0.39, 0.29) is 6.04 Å². The van der Waals surface area contributed by atoms with Crippen molar-refractivity contribution in [2.45, 2.75) is 25.3 Å². The first-order chi connectivity index (χ1) is 7.20. The average molecular weight is 231 g/mol. The predicted octanol–water partition coefficient (Wildman–Crippen LogP) is 2.68. The van der Waals surface area contributed by atoms with Crippen LogP contribution in [0.5, 0.6) is 0 Å². The van der Waals surface area contributed by atoms with E-state index in [1.807, 2.05) is 16.8 Å². The molecule has 0 spiro atoms. The number of amides is 1. The zero-order valence-corrected chi connectivity index (χ0v) is 8.84. The van der Waals surface area contributed by atoms with Crippen molar-refractivity contribution in [3.63, 3.8) is 0 Å². The summed E-state index contributed by atoms with van der Waals surface area (Å²) in [6.07, 6.45) is -1.29. The van der Waals surface area contributed by atoms with E-state index in [0.29, 0.717) is 6.54 Å². The molecule has 0 saturated carbocycles. The van der Waals surface area contributed by atoms with Crippen LogP contribution in [0.3, 0.4) is 0 Å². The molecule has 1 aromatic rings. The highest BCUT2D eigenvalue weighted by molar-refractivity contribution is 7.07. The van der Waals surface area contributed by atoms with Crippen LogP contribution >= 0.6 is 11.3 Å². The summed E-state index contributed by atoms with van der Waals surface area (Å²) in [7, 11) is 0. The van der Waals surface area contributed by atoms with Gasteiger partial charge in [-0.25, -0.2) is 0 Å². The molecule has 1 saturated heterocycles. The Bertz CT molecular complexity index is 339. The molecule has 0 aromatic carbocycles. The molecular weight excluding hydrogens is 220 g/mol. The van der Waals surface area contributed by atoms with Gasteiger partial charge in [-0.05, 0) is 35.2 Å². The minimum absolute atomic E-state index is 0.141. The van der Waals surface area contributed by atoms with Gasteiger partial charge in [0.05, 0.1) is 6.04 Å². The highest BCUT2D eigenvalue weighted by Gasteiger charge is 2.34. The van der Waals surface area contributed by atoms with Crippen LogP contribution in [-0.2, 0) is 4.79 Å². The molecule has 1 amide bonds. The van der Waals surface area contributed by atoms with Gasteiger partial charge in [0, 0.05) is 6.54 Å². The summed E-state index contributed by atoms with van der Waals surface area (Å²) >= 11 is 1.52. The smallest absolute Gasteiger partial charge is 0.315 e. The molecule has 0 radical (unpaired) electrons. The van der Waals surface area contributed by atoms with E-state index in [1.54, 1.807) is 0 Å². The fraction of sp³-hybridized carbons (Fsp3) is 0.500. The largest absolute Gasteiger partial charge is 0.331 e. The normalized spacial score (nSPS) is 21.3. The topological polar surface area (TPSA) is 20.3 Å². The van der Waals surface area contributed by atoms with Crippen molar-refractivity contribution in [1.82, 2.24) is 4.90 Å². The van der Waals surface area contributed by atoms with Gasteiger partial charge in [-0.15, -0.1) is 0 Å². The molecule has 1 fully saturated rings. The van der Waals surface area contributed by atoms with Crippen molar-refractivity contribution in [3.8, 4) is 0 Å². The summed E-state index contributed by atoms with van der Waals surface area (Å²) in [4.78, 5) is 12.5. The number of carbonyl (C=O) groups is 1. The van der Waals surface area contributed by atoms with Gasteiger partial charge < -0.3 is 4.90 Å². The number of hydrogen-bond acceptors (Lipinski definition) is 2. The summed E-state index contributed by atoms with van der Waals surface area (Å²) in [6, 6.07) is 1.75. The van der Waals surface area contributed by atoms with Gasteiger partial charge in [-0.1, -0.05) is 0 Å². The van der Waals surface area contributed by atoms with Crippen LogP contribution in [0.4, 0.5) is 8.78 Å². The lowest BCUT2D eigenvalue weighted by atomic mass is 10.1. The van der Waals surface area contributed by atoms with Gasteiger partial charge in [0.1, 0.15) is 0 Å². The Balaban J connectivity index is 2.15. The molecule has 5 heteroatoms. The molecule has 1 aromatic heterocycles. The van der Waals surface area contributed by atoms with E-state index in [9.17, 15) is 13.6 Å². The van der Waals surface area contributed by atoms with Crippen molar-refractivity contribution < 1.29 is 13.6 Å². The molecule has 82 valence electrons. The minimum atomic E-state index is -2.88. The number of halogens is 2. The van der Waals surface area contributed by atoms with Crippen LogP contribution in [-0.4, -0.2) is 23.8 Å². The molecule has 15 heavy (non-hydrogen) atoms. The van der Waals surface area contributed by atoms with E-state index in [0.717, 1.165) is 18.4 Å². The standard InChI is InChI=1S/C10H11F2NOS/c11-9(12)10(14)13-4-1-2-8(13)7-3-5-15-6-7/h3,5-6,8-9H,1-2,4H2. The number of carbonyl (C=O) groups excluding carboxylic acids is 1. The average Bonchev–Trinajstić information content (AvgIpc) is 2.86. The monoisotopic (exact) mass is 231 g/mol. The van der Waals surface area contributed by atoms with Crippen LogP contribution in [0.15, 0.2) is 16.8 Å². The fourth-order valence-corrected chi connectivity index (χ4v) is 2.67. The Morgan fingerprint density at radius 1 is 1.60 bits per heavy atom. The molecule has 0 aliphatic carbocycles. The maximum Gasteiger partial charge on any atom is 0.315 e. The van der Waals surface area contributed by atoms with Crippen LogP contribution in [0.25, 0.3) is 0 Å². The van der Waals surface area contributed by atoms with Gasteiger partial charge in [0.25, 0.3) is 5.91 Å². The minimum Gasteiger partial charge on any atom is -0.331 e. The van der Waals surface area contributed by atoms with Crippen LogP contribution in [0, 0.1) is 0 Å². The highest BCUT2D eigenvalue weighted by atomic mass is 32.1. The number of alkyl halides is 2. The molecule has 0 N–H and O–H groups in total. The predicted molar refractivity (Wildman–Crippen MR) is 54.0 cm³/mol. The zero-order valence-electron chi connectivity index (χ0n) is 8.03. The number of rotatable bonds is 2. The second kappa shape index (κ2) is 4.26. The molecular formula is C10H11F2NOS. The Morgan fingerprint density at radius 3 is 3.00 bits per heavy atom. The van der Waals surface area contributed by atoms with E-state index in [4.69, 9.17) is 0 Å². The Hall–Kier alpha value is -0.970. The molecule has 1 aliphatic rings. The first-order valence-corrected chi connectivity index (χ1v) is 5.75. The Kier molecular flexibility index (Phi) is 3.00. The maximum absolute atomic E-state index is 12.3. The van der Waals surface area contributed by atoms with Gasteiger partial charge in [-0.2, -0.15) is 20.1 Å². The lowest BCUT2D eigenvalue weighted by Crippen LogP contribution is -2.34. The molecule has 2 nitrogen and oxygen atoms in total. The lowest BCUT2D eigenvalue weighted by Gasteiger charge is -2.23. The Labute approximate surface area is 90.5 Å². The van der Waals surface area contributed by atoms with Crippen LogP contribution < -0.4 is 0 Å². The molecule has 1 atom stereocenters. The third-order valence-electron chi connectivity index (χ3n) is 2.65. The van der Waals surface area contributed by atoms with E-state index < -0.39 is 12.3 Å². The van der Waals surface area contributed by atoms with E-state index in [1.165, 1.54) is 16.2 Å². The third kappa shape index (κ3) is 2.02. The molecule has 2 rings (SSSR count). The molecule has 1 unspecified atom stereocenters. The SMILES string of the molecule is O=C(C(F)F)N1CCCC1c1ccsc1. The summed E-state index contributed by atoms with van der Waals surface area (Å²) in [6.45, 7) is 0.448. The number of likely N-dealkylation sites (tertiary alicyclic amines) is 1. The maximum atomic E-state index is 12.3. The number of thiophene rings is 1. The quantitative estimate of drug-likeness (QED) is 0.766. The van der Waals surface area contributed by atoms with Crippen molar-refractivity contribution in [2.75, 3.05) is 6.54 Å². The fourth-order valence-electron chi connectivity index (χ4n) is 1.97. The second-order valence-electron chi connectivity index (χ2n) is 3.55. The first-order valence-electron chi connectivity index (χ1n) is 4.81. The molecule has 1 aliphatic heterocycles. The number of hydrogen-bond donors (Lipinski definition) is 0. The van der Waals surface area contributed by atoms with Gasteiger partial charge in [0.2, 0.25) is 0 Å². The van der Waals surface area contributed by atoms with E-state index in [2.05, 4.69) is 0 Å². The van der Waals surface area contributed by atoms with Gasteiger partial charge >= 0.3 is 6.43 Å². The van der Waals surface area contributed by atoms with Crippen molar-refractivity contribution in [2.24, 2.45) is 0 Å². The lowest BCUT2D eigenvalue weighted by molar-refractivity contribution is -0.143. The van der Waals surface area contributed by atoms with Crippen molar-refractivity contribution in [3.05, 3.63) is 22.4 Å². The number of nitrogens with zero attached hydrogens (tertiary/aromatic N) is 1. The summed E-state index contributed by atoms with van der Waals surface area (Å²) in [5.74, 6) is -1.04. The second-order valence-corrected chi connectivity index (χ2v) is 4.33. The van der Waals surface area contributed by atoms with Crippen molar-refractivity contribution >= 4 is 17.2 Å². The van der Waals surface area contributed by atoms with Gasteiger partial charge in [-0.3, -0.25) is 4.79 Å². The zero-order chi connectivity index (χ0) is 10.8. The van der Waals surface area contributed by atoms with Crippen molar-refractivity contribution in [1.29, 1.82) is 0 Å². The van der Waals surface area contributed by atoms with Crippen LogP contribution in [0.1, 0.15) is 24.4 Å². The summed E-state index contributed by atoms with van der Waals surface area (Å²) in [5, 5.41) is 3.82. The Morgan fingerprint density at radius 2 is 2.40 bits per heavy atom. The first kappa shape index (κ1) is 10.5. The summed E-state index contributed by atoms with van der Waals surface area (Å²) in [5.41, 5.74) is 0.978. The van der Waals surface area contributed by atoms with Gasteiger partial charge in [0.15, 0.2) is 0 Å². The molecule has 0 bridgehead atoms. The van der Waals surface area contributed by atoms with Crippen LogP contribution in [0.2, 0.25) is 0 Å². The highest BCUT2D eigenvalue weighted by Crippen LogP contribution is 2.33. The van der Waals surface area contributed by atoms with E-state index >= 15 is 0 Å². The third-order valence-corrected chi connectivity index (χ3v) is 3.35. The molecule has 2 heterocycles. The summed E-state index contributed by atoms with van der Waals surface area (Å²) < 4.78 is 24.6.